The summed E-state index contributed by atoms with van der Waals surface area (Å²) in [4.78, 5) is 4.35. The summed E-state index contributed by atoms with van der Waals surface area (Å²) in [6.45, 7) is 3.76. The molecule has 5 heteroatoms. The lowest BCUT2D eigenvalue weighted by Crippen LogP contribution is -2.16. The minimum absolute atomic E-state index is 0.0469. The van der Waals surface area contributed by atoms with Crippen LogP contribution in [0.3, 0.4) is 0 Å². The zero-order chi connectivity index (χ0) is 14.2. The first-order valence-corrected chi connectivity index (χ1v) is 6.92. The van der Waals surface area contributed by atoms with Crippen molar-refractivity contribution in [3.63, 3.8) is 0 Å². The van der Waals surface area contributed by atoms with Crippen molar-refractivity contribution in [2.75, 3.05) is 0 Å². The molecule has 19 heavy (non-hydrogen) atoms. The summed E-state index contributed by atoms with van der Waals surface area (Å²) >= 11 is 9.07. The molecule has 1 heterocycles. The number of halogens is 3. The Kier molecular flexibility index (Phi) is 4.23. The topological polar surface area (TPSA) is 38.9 Å². The monoisotopic (exact) mass is 342 g/mol. The van der Waals surface area contributed by atoms with E-state index in [1.165, 1.54) is 0 Å². The predicted molar refractivity (Wildman–Crippen MR) is 78.9 cm³/mol. The van der Waals surface area contributed by atoms with Gasteiger partial charge >= 0.3 is 0 Å². The average molecular weight is 344 g/mol. The number of hydrogen-bond acceptors (Lipinski definition) is 2. The third-order valence-electron chi connectivity index (χ3n) is 3.00. The molecule has 0 bridgehead atoms. The summed E-state index contributed by atoms with van der Waals surface area (Å²) in [7, 11) is 0. The van der Waals surface area contributed by atoms with Gasteiger partial charge in [0.25, 0.3) is 0 Å². The Morgan fingerprint density at radius 2 is 1.84 bits per heavy atom. The largest absolute Gasteiger partial charge is 0.320 e. The van der Waals surface area contributed by atoms with Crippen molar-refractivity contribution >= 4 is 27.5 Å². The van der Waals surface area contributed by atoms with E-state index in [0.717, 1.165) is 17.0 Å². The van der Waals surface area contributed by atoms with Gasteiger partial charge in [0.15, 0.2) is 0 Å². The molecule has 2 aromatic rings. The van der Waals surface area contributed by atoms with Gasteiger partial charge in [-0.2, -0.15) is 0 Å². The second kappa shape index (κ2) is 5.57. The lowest BCUT2D eigenvalue weighted by Gasteiger charge is -2.16. The van der Waals surface area contributed by atoms with E-state index in [1.54, 1.807) is 12.1 Å². The van der Waals surface area contributed by atoms with Gasteiger partial charge in [0, 0.05) is 21.4 Å². The Balaban J connectivity index is 2.50. The van der Waals surface area contributed by atoms with Gasteiger partial charge in [0.2, 0.25) is 0 Å². The van der Waals surface area contributed by atoms with Crippen molar-refractivity contribution in [1.29, 1.82) is 0 Å². The lowest BCUT2D eigenvalue weighted by molar-refractivity contribution is 0.598. The molecule has 0 aliphatic carbocycles. The van der Waals surface area contributed by atoms with E-state index in [0.29, 0.717) is 10.0 Å². The van der Waals surface area contributed by atoms with Crippen molar-refractivity contribution < 1.29 is 4.39 Å². The highest BCUT2D eigenvalue weighted by Gasteiger charge is 2.19. The molecule has 0 saturated heterocycles. The first-order chi connectivity index (χ1) is 8.91. The van der Waals surface area contributed by atoms with E-state index in [-0.39, 0.29) is 5.02 Å². The van der Waals surface area contributed by atoms with E-state index in [9.17, 15) is 4.39 Å². The van der Waals surface area contributed by atoms with E-state index in [1.807, 2.05) is 26.0 Å². The average Bonchev–Trinajstić information content (AvgIpc) is 2.35. The van der Waals surface area contributed by atoms with Crippen molar-refractivity contribution in [3.8, 4) is 0 Å². The maximum Gasteiger partial charge on any atom is 0.148 e. The minimum Gasteiger partial charge on any atom is -0.320 e. The third kappa shape index (κ3) is 2.81. The molecule has 1 unspecified atom stereocenters. The van der Waals surface area contributed by atoms with Crippen LogP contribution in [0.15, 0.2) is 28.7 Å². The molecular formula is C14H13BrClFN2. The molecule has 2 N–H and O–H groups in total. The molecule has 0 saturated carbocycles. The third-order valence-corrected chi connectivity index (χ3v) is 4.26. The van der Waals surface area contributed by atoms with Gasteiger partial charge in [0.05, 0.1) is 11.1 Å². The van der Waals surface area contributed by atoms with Crippen molar-refractivity contribution in [2.24, 2.45) is 5.73 Å². The number of nitrogens with zero attached hydrogens (tertiary/aromatic N) is 1. The van der Waals surface area contributed by atoms with Crippen LogP contribution >= 0.6 is 27.5 Å². The molecule has 2 nitrogen and oxygen atoms in total. The summed E-state index contributed by atoms with van der Waals surface area (Å²) in [5.74, 6) is -0.497. The minimum atomic E-state index is -0.585. The van der Waals surface area contributed by atoms with Gasteiger partial charge in [-0.1, -0.05) is 23.7 Å². The number of aryl methyl sites for hydroxylation is 2. The first-order valence-electron chi connectivity index (χ1n) is 5.75. The number of hydrogen-bond donors (Lipinski definition) is 1. The van der Waals surface area contributed by atoms with Crippen LogP contribution in [-0.2, 0) is 0 Å². The number of rotatable bonds is 2. The van der Waals surface area contributed by atoms with Crippen molar-refractivity contribution in [1.82, 2.24) is 4.98 Å². The summed E-state index contributed by atoms with van der Waals surface area (Å²) in [5, 5.41) is 0.0469. The number of nitrogens with two attached hydrogens (primary N) is 1. The van der Waals surface area contributed by atoms with Gasteiger partial charge in [-0.25, -0.2) is 4.39 Å². The normalized spacial score (nSPS) is 12.5. The molecule has 1 aromatic heterocycles. The van der Waals surface area contributed by atoms with Crippen LogP contribution in [0.25, 0.3) is 0 Å². The maximum atomic E-state index is 14.1. The predicted octanol–water partition coefficient (Wildman–Crippen LogP) is 4.30. The fourth-order valence-corrected chi connectivity index (χ4v) is 2.45. The van der Waals surface area contributed by atoms with Crippen LogP contribution in [-0.4, -0.2) is 4.98 Å². The number of pyridine rings is 1. The van der Waals surface area contributed by atoms with Crippen LogP contribution in [0.5, 0.6) is 0 Å². The Morgan fingerprint density at radius 3 is 2.47 bits per heavy atom. The molecule has 2 rings (SSSR count). The van der Waals surface area contributed by atoms with Crippen LogP contribution in [0, 0.1) is 19.7 Å². The molecular weight excluding hydrogens is 331 g/mol. The van der Waals surface area contributed by atoms with Crippen LogP contribution in [0.2, 0.25) is 5.02 Å². The Labute approximate surface area is 124 Å². The molecule has 100 valence electrons. The highest BCUT2D eigenvalue weighted by molar-refractivity contribution is 9.10. The number of aromatic nitrogens is 1. The van der Waals surface area contributed by atoms with Gasteiger partial charge in [-0.05, 0) is 47.5 Å². The molecule has 1 atom stereocenters. The van der Waals surface area contributed by atoms with Crippen LogP contribution < -0.4 is 5.73 Å². The molecule has 1 aromatic carbocycles. The van der Waals surface area contributed by atoms with Gasteiger partial charge in [-0.3, -0.25) is 4.98 Å². The standard InChI is InChI=1S/C14H13BrClFN2/c1-7-3-4-9(8(2)19-7)14(18)10-5-6-11(15)12(16)13(10)17/h3-6,14H,18H2,1-2H3. The zero-order valence-electron chi connectivity index (χ0n) is 10.5. The van der Waals surface area contributed by atoms with E-state index in [4.69, 9.17) is 17.3 Å². The summed E-state index contributed by atoms with van der Waals surface area (Å²) in [6, 6.07) is 6.48. The van der Waals surface area contributed by atoms with Gasteiger partial charge in [-0.15, -0.1) is 0 Å². The molecule has 0 amide bonds. The van der Waals surface area contributed by atoms with E-state index >= 15 is 0 Å². The Bertz CT molecular complexity index is 631. The SMILES string of the molecule is Cc1ccc(C(N)c2ccc(Br)c(Cl)c2F)c(C)n1. The van der Waals surface area contributed by atoms with Crippen molar-refractivity contribution in [2.45, 2.75) is 19.9 Å². The van der Waals surface area contributed by atoms with Crippen LogP contribution in [0.1, 0.15) is 28.6 Å². The molecule has 0 fully saturated rings. The van der Waals surface area contributed by atoms with Gasteiger partial charge in [0.1, 0.15) is 5.82 Å². The summed E-state index contributed by atoms with van der Waals surface area (Å²) in [6.07, 6.45) is 0. The summed E-state index contributed by atoms with van der Waals surface area (Å²) < 4.78 is 14.7. The number of benzene rings is 1. The smallest absolute Gasteiger partial charge is 0.148 e. The van der Waals surface area contributed by atoms with Crippen LogP contribution in [0.4, 0.5) is 4.39 Å². The molecule has 0 radical (unpaired) electrons. The van der Waals surface area contributed by atoms with E-state index < -0.39 is 11.9 Å². The molecule has 0 aliphatic heterocycles. The second-order valence-electron chi connectivity index (χ2n) is 4.37. The fraction of sp³-hybridized carbons (Fsp3) is 0.214. The quantitative estimate of drug-likeness (QED) is 0.826. The fourth-order valence-electron chi connectivity index (χ4n) is 1.97. The first kappa shape index (κ1) is 14.4. The van der Waals surface area contributed by atoms with E-state index in [2.05, 4.69) is 20.9 Å². The second-order valence-corrected chi connectivity index (χ2v) is 5.60. The molecule has 0 spiro atoms. The zero-order valence-corrected chi connectivity index (χ0v) is 12.9. The highest BCUT2D eigenvalue weighted by atomic mass is 79.9. The maximum absolute atomic E-state index is 14.1. The molecule has 0 aliphatic rings. The lowest BCUT2D eigenvalue weighted by atomic mass is 9.98. The Morgan fingerprint density at radius 1 is 1.21 bits per heavy atom. The summed E-state index contributed by atoms with van der Waals surface area (Å²) in [5.41, 5.74) is 8.99. The Hall–Kier alpha value is -0.970. The van der Waals surface area contributed by atoms with Crippen molar-refractivity contribution in [3.05, 3.63) is 62.1 Å². The van der Waals surface area contributed by atoms with Gasteiger partial charge < -0.3 is 5.73 Å². The highest BCUT2D eigenvalue weighted by Crippen LogP contribution is 2.32.